The van der Waals surface area contributed by atoms with Gasteiger partial charge >= 0.3 is 29.6 Å². The standard InChI is InChI=1S/C7H8FNO3S.Na.H/c8-7-3-1-6(2-4-7)5-13(10,11)12-9;;/h1-4H,5,9H2;;/q;+1;-1. The van der Waals surface area contributed by atoms with Crippen LogP contribution >= 0.6 is 0 Å². The fourth-order valence-electron chi connectivity index (χ4n) is 0.819. The van der Waals surface area contributed by atoms with E-state index < -0.39 is 15.9 Å². The maximum absolute atomic E-state index is 12.4. The molecular formula is C7H9FNNaO3S. The molecule has 0 fully saturated rings. The van der Waals surface area contributed by atoms with E-state index in [2.05, 4.69) is 10.2 Å². The van der Waals surface area contributed by atoms with Crippen LogP contribution in [0, 0.1) is 5.82 Å². The average Bonchev–Trinajstić information content (AvgIpc) is 2.09. The zero-order valence-corrected chi connectivity index (χ0v) is 10.4. The molecule has 0 saturated heterocycles. The van der Waals surface area contributed by atoms with Crippen molar-refractivity contribution in [2.45, 2.75) is 5.75 Å². The first-order valence-corrected chi connectivity index (χ1v) is 4.97. The maximum atomic E-state index is 12.4. The van der Waals surface area contributed by atoms with Gasteiger partial charge in [0.2, 0.25) is 0 Å². The van der Waals surface area contributed by atoms with Gasteiger partial charge in [-0.15, -0.1) is 0 Å². The van der Waals surface area contributed by atoms with Gasteiger partial charge in [-0.05, 0) is 17.7 Å². The zero-order chi connectivity index (χ0) is 9.90. The van der Waals surface area contributed by atoms with Crippen LogP contribution in [0.15, 0.2) is 24.3 Å². The van der Waals surface area contributed by atoms with Crippen molar-refractivity contribution in [2.24, 2.45) is 5.90 Å². The normalized spacial score (nSPS) is 10.7. The van der Waals surface area contributed by atoms with E-state index in [9.17, 15) is 12.8 Å². The molecule has 0 spiro atoms. The molecule has 2 N–H and O–H groups in total. The number of benzene rings is 1. The molecule has 1 aromatic carbocycles. The SMILES string of the molecule is NOS(=O)(=O)Cc1ccc(F)cc1.[H-].[Na+]. The van der Waals surface area contributed by atoms with Crippen LogP contribution in [0.1, 0.15) is 6.99 Å². The van der Waals surface area contributed by atoms with Crippen molar-refractivity contribution in [1.82, 2.24) is 0 Å². The topological polar surface area (TPSA) is 69.4 Å². The van der Waals surface area contributed by atoms with Gasteiger partial charge in [0.15, 0.2) is 0 Å². The van der Waals surface area contributed by atoms with E-state index in [1.165, 1.54) is 24.3 Å². The van der Waals surface area contributed by atoms with Gasteiger partial charge in [0.1, 0.15) is 11.6 Å². The summed E-state index contributed by atoms with van der Waals surface area (Å²) in [5.74, 6) is 3.74. The van der Waals surface area contributed by atoms with Crippen molar-refractivity contribution in [3.63, 3.8) is 0 Å². The predicted molar refractivity (Wildman–Crippen MR) is 45.4 cm³/mol. The second-order valence-corrected chi connectivity index (χ2v) is 4.02. The van der Waals surface area contributed by atoms with Crippen LogP contribution < -0.4 is 35.5 Å². The molecule has 0 aliphatic heterocycles. The quantitative estimate of drug-likeness (QED) is 0.466. The van der Waals surface area contributed by atoms with Crippen LogP contribution in [0.3, 0.4) is 0 Å². The summed E-state index contributed by atoms with van der Waals surface area (Å²) >= 11 is 0. The maximum Gasteiger partial charge on any atom is 1.00 e. The van der Waals surface area contributed by atoms with E-state index >= 15 is 0 Å². The minimum Gasteiger partial charge on any atom is -1.00 e. The Morgan fingerprint density at radius 1 is 1.36 bits per heavy atom. The van der Waals surface area contributed by atoms with Crippen LogP contribution in [0.5, 0.6) is 0 Å². The van der Waals surface area contributed by atoms with Gasteiger partial charge in [0.05, 0.1) is 0 Å². The number of rotatable bonds is 3. The molecule has 0 radical (unpaired) electrons. The van der Waals surface area contributed by atoms with Gasteiger partial charge in [0, 0.05) is 0 Å². The molecule has 0 atom stereocenters. The fourth-order valence-corrected chi connectivity index (χ4v) is 1.49. The van der Waals surface area contributed by atoms with Gasteiger partial charge < -0.3 is 1.43 Å². The van der Waals surface area contributed by atoms with E-state index in [0.717, 1.165) is 0 Å². The first-order chi connectivity index (χ1) is 6.03. The van der Waals surface area contributed by atoms with Gasteiger partial charge in [-0.2, -0.15) is 18.6 Å². The van der Waals surface area contributed by atoms with Crippen molar-refractivity contribution in [3.8, 4) is 0 Å². The number of hydrogen-bond acceptors (Lipinski definition) is 4. The Kier molecular flexibility index (Phi) is 5.80. The van der Waals surface area contributed by atoms with Crippen LogP contribution in [0.4, 0.5) is 4.39 Å². The minimum atomic E-state index is -3.73. The third-order valence-electron chi connectivity index (χ3n) is 1.40. The number of halogens is 1. The molecule has 0 amide bonds. The first-order valence-electron chi connectivity index (χ1n) is 3.39. The van der Waals surface area contributed by atoms with Crippen molar-refractivity contribution in [2.75, 3.05) is 0 Å². The fraction of sp³-hybridized carbons (Fsp3) is 0.143. The Morgan fingerprint density at radius 3 is 2.29 bits per heavy atom. The number of hydrogen-bond donors (Lipinski definition) is 1. The molecule has 4 nitrogen and oxygen atoms in total. The van der Waals surface area contributed by atoms with Crippen LogP contribution in [-0.4, -0.2) is 8.42 Å². The van der Waals surface area contributed by atoms with Crippen LogP contribution in [0.2, 0.25) is 0 Å². The number of nitrogens with two attached hydrogens (primary N) is 1. The summed E-state index contributed by atoms with van der Waals surface area (Å²) in [6.45, 7) is 0. The van der Waals surface area contributed by atoms with Gasteiger partial charge in [0.25, 0.3) is 10.1 Å². The summed E-state index contributed by atoms with van der Waals surface area (Å²) in [7, 11) is -3.73. The predicted octanol–water partition coefficient (Wildman–Crippen LogP) is -2.34. The molecule has 0 bridgehead atoms. The third kappa shape index (κ3) is 4.50. The molecule has 14 heavy (non-hydrogen) atoms. The monoisotopic (exact) mass is 229 g/mol. The summed E-state index contributed by atoms with van der Waals surface area (Å²) < 4.78 is 37.8. The van der Waals surface area contributed by atoms with Crippen LogP contribution in [0.25, 0.3) is 0 Å². The Labute approximate surface area is 105 Å². The molecule has 0 unspecified atom stereocenters. The van der Waals surface area contributed by atoms with Crippen LogP contribution in [-0.2, 0) is 20.2 Å². The third-order valence-corrected chi connectivity index (χ3v) is 2.38. The largest absolute Gasteiger partial charge is 1.00 e. The molecular weight excluding hydrogens is 220 g/mol. The molecule has 0 saturated carbocycles. The second kappa shape index (κ2) is 5.79. The smallest absolute Gasteiger partial charge is 1.00 e. The zero-order valence-electron chi connectivity index (χ0n) is 8.60. The van der Waals surface area contributed by atoms with Gasteiger partial charge in [-0.25, -0.2) is 4.39 Å². The van der Waals surface area contributed by atoms with E-state index in [0.29, 0.717) is 5.56 Å². The summed E-state index contributed by atoms with van der Waals surface area (Å²) in [4.78, 5) is 0. The van der Waals surface area contributed by atoms with Gasteiger partial charge in [-0.1, -0.05) is 12.1 Å². The molecule has 0 aromatic heterocycles. The first kappa shape index (κ1) is 14.0. The average molecular weight is 229 g/mol. The molecule has 1 rings (SSSR count). The second-order valence-electron chi connectivity index (χ2n) is 2.42. The Balaban J connectivity index is 0. The molecule has 0 aliphatic carbocycles. The summed E-state index contributed by atoms with van der Waals surface area (Å²) in [5.41, 5.74) is 0.423. The Morgan fingerprint density at radius 2 is 1.86 bits per heavy atom. The summed E-state index contributed by atoms with van der Waals surface area (Å²) in [6, 6.07) is 5.04. The Bertz CT molecular complexity index is 384. The molecule has 0 heterocycles. The molecule has 1 aromatic rings. The minimum absolute atomic E-state index is 0. The van der Waals surface area contributed by atoms with Gasteiger partial charge in [-0.3, -0.25) is 0 Å². The van der Waals surface area contributed by atoms with E-state index in [-0.39, 0.29) is 36.7 Å². The van der Waals surface area contributed by atoms with E-state index in [4.69, 9.17) is 0 Å². The van der Waals surface area contributed by atoms with E-state index in [1.54, 1.807) is 0 Å². The molecule has 7 heteroatoms. The van der Waals surface area contributed by atoms with Crippen molar-refractivity contribution in [3.05, 3.63) is 35.6 Å². The Hall–Kier alpha value is 0.0200. The van der Waals surface area contributed by atoms with Crippen molar-refractivity contribution >= 4 is 10.1 Å². The summed E-state index contributed by atoms with van der Waals surface area (Å²) in [5, 5.41) is 0. The van der Waals surface area contributed by atoms with E-state index in [1.807, 2.05) is 0 Å². The van der Waals surface area contributed by atoms with Crippen molar-refractivity contribution in [1.29, 1.82) is 0 Å². The molecule has 74 valence electrons. The summed E-state index contributed by atoms with van der Waals surface area (Å²) in [6.07, 6.45) is 0. The molecule has 0 aliphatic rings. The van der Waals surface area contributed by atoms with Crippen molar-refractivity contribution < 1.29 is 48.1 Å².